The van der Waals surface area contributed by atoms with Gasteiger partial charge in [0.2, 0.25) is 0 Å². The number of hydrogen-bond donors (Lipinski definition) is 1. The Hall–Kier alpha value is -0.0800. The Morgan fingerprint density at radius 1 is 1.75 bits per heavy atom. The molecule has 0 aliphatic carbocycles. The zero-order valence-corrected chi connectivity index (χ0v) is 2.27. The fourth-order valence-corrected chi connectivity index (χ4v) is 0. The van der Waals surface area contributed by atoms with Gasteiger partial charge in [0.15, 0.2) is 0 Å². The topological polar surface area (TPSA) is 43.3 Å². The minimum atomic E-state index is -0.375. The Balaban J connectivity index is 1.97. The second-order valence-corrected chi connectivity index (χ2v) is 0.428. The first kappa shape index (κ1) is 3.92. The summed E-state index contributed by atoms with van der Waals surface area (Å²) in [7, 11) is 0. The molecule has 4 heavy (non-hydrogen) atoms. The normalized spacial score (nSPS) is 7.50. The van der Waals surface area contributed by atoms with Crippen LogP contribution in [-0.4, -0.2) is 18.3 Å². The molecule has 0 saturated carbocycles. The minimum Gasteiger partial charge on any atom is -0.853 e. The molecule has 2 heteroatoms. The SMILES string of the molecule is [O-]CCO. The average Bonchev–Trinajstić information content (AvgIpc) is 1.37. The Labute approximate surface area is 24.7 Å². The van der Waals surface area contributed by atoms with Crippen LogP contribution in [0, 0.1) is 0 Å². The van der Waals surface area contributed by atoms with Crippen molar-refractivity contribution in [3.8, 4) is 0 Å². The lowest BCUT2D eigenvalue weighted by Crippen LogP contribution is -2.08. The van der Waals surface area contributed by atoms with E-state index in [1.165, 1.54) is 0 Å². The first-order chi connectivity index (χ1) is 1.91. The maximum Gasteiger partial charge on any atom is 0.0277 e. The monoisotopic (exact) mass is 61.0 g/mol. The maximum absolute atomic E-state index is 9.05. The average molecular weight is 61.1 g/mol. The first-order valence-electron chi connectivity index (χ1n) is 1.10. The molecule has 0 fully saturated rings. The van der Waals surface area contributed by atoms with Gasteiger partial charge in [0.05, 0.1) is 0 Å². The van der Waals surface area contributed by atoms with Crippen molar-refractivity contribution >= 4 is 0 Å². The third kappa shape index (κ3) is 1.92. The van der Waals surface area contributed by atoms with E-state index >= 15 is 0 Å². The van der Waals surface area contributed by atoms with E-state index in [4.69, 9.17) is 10.2 Å². The first-order valence-corrected chi connectivity index (χ1v) is 1.10. The van der Waals surface area contributed by atoms with Gasteiger partial charge >= 0.3 is 0 Å². The van der Waals surface area contributed by atoms with Gasteiger partial charge in [-0.15, -0.1) is 6.61 Å². The summed E-state index contributed by atoms with van der Waals surface area (Å²) < 4.78 is 0. The van der Waals surface area contributed by atoms with Crippen molar-refractivity contribution in [2.24, 2.45) is 0 Å². The molecule has 0 aliphatic rings. The van der Waals surface area contributed by atoms with E-state index in [9.17, 15) is 0 Å². The van der Waals surface area contributed by atoms with Gasteiger partial charge in [0.25, 0.3) is 0 Å². The third-order valence-electron chi connectivity index (χ3n) is 0.0913. The van der Waals surface area contributed by atoms with Crippen LogP contribution < -0.4 is 5.11 Å². The van der Waals surface area contributed by atoms with Crippen LogP contribution in [0.15, 0.2) is 0 Å². The van der Waals surface area contributed by atoms with Crippen molar-refractivity contribution in [1.29, 1.82) is 0 Å². The van der Waals surface area contributed by atoms with Crippen LogP contribution in [0.5, 0.6) is 0 Å². The number of aliphatic hydroxyl groups excluding tert-OH is 1. The molecule has 0 unspecified atom stereocenters. The summed E-state index contributed by atoms with van der Waals surface area (Å²) in [5.41, 5.74) is 0. The second-order valence-electron chi connectivity index (χ2n) is 0.428. The van der Waals surface area contributed by atoms with Crippen molar-refractivity contribution in [2.75, 3.05) is 13.2 Å². The predicted molar refractivity (Wildman–Crippen MR) is 12.0 cm³/mol. The van der Waals surface area contributed by atoms with Crippen LogP contribution in [0.1, 0.15) is 0 Å². The standard InChI is InChI=1S/C2H5O2/c3-1-2-4/h3H,1-2H2/q-1. The lowest BCUT2D eigenvalue weighted by molar-refractivity contribution is -0.372. The molecular weight excluding hydrogens is 56.0 g/mol. The summed E-state index contributed by atoms with van der Waals surface area (Å²) >= 11 is 0. The van der Waals surface area contributed by atoms with Crippen LogP contribution >= 0.6 is 0 Å². The van der Waals surface area contributed by atoms with Gasteiger partial charge in [-0.2, -0.15) is 0 Å². The molecule has 26 valence electrons. The molecular formula is C2H5O2-. The Morgan fingerprint density at radius 2 is 2.00 bits per heavy atom. The molecule has 0 rings (SSSR count). The molecule has 0 aromatic rings. The molecule has 0 bridgehead atoms. The van der Waals surface area contributed by atoms with Crippen molar-refractivity contribution in [3.63, 3.8) is 0 Å². The van der Waals surface area contributed by atoms with Gasteiger partial charge in [-0.05, 0) is 0 Å². The molecule has 2 nitrogen and oxygen atoms in total. The molecule has 0 aromatic carbocycles. The molecule has 0 atom stereocenters. The Morgan fingerprint density at radius 3 is 2.00 bits per heavy atom. The highest BCUT2D eigenvalue weighted by Gasteiger charge is 1.45. The van der Waals surface area contributed by atoms with Gasteiger partial charge < -0.3 is 10.2 Å². The molecule has 1 N–H and O–H groups in total. The summed E-state index contributed by atoms with van der Waals surface area (Å²) in [6, 6.07) is 0. The van der Waals surface area contributed by atoms with E-state index in [1.54, 1.807) is 0 Å². The van der Waals surface area contributed by atoms with Crippen LogP contribution in [0.25, 0.3) is 0 Å². The van der Waals surface area contributed by atoms with Gasteiger partial charge in [-0.3, -0.25) is 0 Å². The van der Waals surface area contributed by atoms with E-state index in [-0.39, 0.29) is 13.2 Å². The number of hydrogen-bond acceptors (Lipinski definition) is 2. The van der Waals surface area contributed by atoms with Gasteiger partial charge in [0.1, 0.15) is 0 Å². The second kappa shape index (κ2) is 2.92. The molecule has 0 spiro atoms. The van der Waals surface area contributed by atoms with Crippen molar-refractivity contribution in [2.45, 2.75) is 0 Å². The van der Waals surface area contributed by atoms with Crippen LogP contribution in [0.2, 0.25) is 0 Å². The summed E-state index contributed by atoms with van der Waals surface area (Å²) in [5, 5.41) is 16.6. The van der Waals surface area contributed by atoms with Crippen molar-refractivity contribution < 1.29 is 10.2 Å². The quantitative estimate of drug-likeness (QED) is 0.394. The Bertz CT molecular complexity index is 6.00. The fraction of sp³-hybridized carbons (Fsp3) is 1.00. The van der Waals surface area contributed by atoms with E-state index in [2.05, 4.69) is 0 Å². The highest BCUT2D eigenvalue weighted by Crippen LogP contribution is 1.32. The predicted octanol–water partition coefficient (Wildman–Crippen LogP) is -1.66. The summed E-state index contributed by atoms with van der Waals surface area (Å²) in [5.74, 6) is 0. The smallest absolute Gasteiger partial charge is 0.0277 e. The molecule has 0 aliphatic heterocycles. The molecule has 0 amide bonds. The van der Waals surface area contributed by atoms with E-state index in [1.807, 2.05) is 0 Å². The number of rotatable bonds is 1. The van der Waals surface area contributed by atoms with Crippen LogP contribution in [0.3, 0.4) is 0 Å². The number of aliphatic hydroxyl groups is 1. The highest BCUT2D eigenvalue weighted by atomic mass is 16.3. The van der Waals surface area contributed by atoms with Crippen LogP contribution in [0.4, 0.5) is 0 Å². The molecule has 0 radical (unpaired) electrons. The molecule has 0 saturated heterocycles. The minimum absolute atomic E-state index is 0.236. The van der Waals surface area contributed by atoms with Gasteiger partial charge in [-0.1, -0.05) is 0 Å². The summed E-state index contributed by atoms with van der Waals surface area (Å²) in [4.78, 5) is 0. The van der Waals surface area contributed by atoms with Crippen LogP contribution in [-0.2, 0) is 0 Å². The fourth-order valence-electron chi connectivity index (χ4n) is 0. The van der Waals surface area contributed by atoms with E-state index in [0.717, 1.165) is 0 Å². The summed E-state index contributed by atoms with van der Waals surface area (Å²) in [6.07, 6.45) is 0. The lowest BCUT2D eigenvalue weighted by atomic mass is 10.8. The molecule has 0 aromatic heterocycles. The van der Waals surface area contributed by atoms with E-state index in [0.29, 0.717) is 0 Å². The zero-order valence-electron chi connectivity index (χ0n) is 2.27. The van der Waals surface area contributed by atoms with Crippen molar-refractivity contribution in [3.05, 3.63) is 0 Å². The maximum atomic E-state index is 9.05. The lowest BCUT2D eigenvalue weighted by Gasteiger charge is -1.89. The highest BCUT2D eigenvalue weighted by molar-refractivity contribution is 4.03. The Kier molecular flexibility index (Phi) is 2.86. The largest absolute Gasteiger partial charge is 0.853 e. The third-order valence-corrected chi connectivity index (χ3v) is 0.0913. The molecule has 0 heterocycles. The van der Waals surface area contributed by atoms with E-state index < -0.39 is 0 Å². The van der Waals surface area contributed by atoms with Gasteiger partial charge in [-0.25, -0.2) is 0 Å². The zero-order chi connectivity index (χ0) is 3.41. The van der Waals surface area contributed by atoms with Gasteiger partial charge in [0, 0.05) is 6.61 Å². The van der Waals surface area contributed by atoms with Crippen molar-refractivity contribution in [1.82, 2.24) is 0 Å². The summed E-state index contributed by atoms with van der Waals surface area (Å²) in [6.45, 7) is -0.611.